The fourth-order valence-electron chi connectivity index (χ4n) is 1.45. The lowest BCUT2D eigenvalue weighted by Crippen LogP contribution is -2.20. The molecule has 1 aromatic heterocycles. The van der Waals surface area contributed by atoms with E-state index >= 15 is 0 Å². The molecule has 1 aromatic carbocycles. The number of aromatic nitrogens is 2. The summed E-state index contributed by atoms with van der Waals surface area (Å²) in [5.41, 5.74) is -1.47. The summed E-state index contributed by atoms with van der Waals surface area (Å²) in [4.78, 5) is 37.4. The number of H-pyrrole nitrogens is 2. The minimum Gasteiger partial charge on any atom is -0.493 e. The van der Waals surface area contributed by atoms with Gasteiger partial charge in [0.15, 0.2) is 0 Å². The van der Waals surface area contributed by atoms with Crippen LogP contribution in [-0.4, -0.2) is 28.2 Å². The van der Waals surface area contributed by atoms with Crippen molar-refractivity contribution in [3.8, 4) is 5.88 Å². The smallest absolute Gasteiger partial charge is 0.337 e. The number of hydrogen-bond donors (Lipinski definition) is 3. The number of benzene rings is 1. The van der Waals surface area contributed by atoms with E-state index in [9.17, 15) is 19.5 Å². The predicted molar refractivity (Wildman–Crippen MR) is 71.3 cm³/mol. The van der Waals surface area contributed by atoms with Gasteiger partial charge in [-0.2, -0.15) is 5.11 Å². The Balaban J connectivity index is 2.28. The molecule has 0 radical (unpaired) electrons. The fraction of sp³-hybridized carbons (Fsp3) is 0.0833. The molecule has 0 unspecified atom stereocenters. The monoisotopic (exact) mass is 290 g/mol. The van der Waals surface area contributed by atoms with E-state index < -0.39 is 28.8 Å². The van der Waals surface area contributed by atoms with Crippen molar-refractivity contribution in [2.45, 2.75) is 0 Å². The molecule has 0 aliphatic rings. The van der Waals surface area contributed by atoms with Crippen LogP contribution in [-0.2, 0) is 4.74 Å². The van der Waals surface area contributed by atoms with E-state index in [0.717, 1.165) is 0 Å². The van der Waals surface area contributed by atoms with Crippen LogP contribution in [0.1, 0.15) is 10.4 Å². The number of azo groups is 1. The van der Waals surface area contributed by atoms with Crippen molar-refractivity contribution >= 4 is 17.3 Å². The van der Waals surface area contributed by atoms with Gasteiger partial charge in [0.2, 0.25) is 11.6 Å². The second-order valence-electron chi connectivity index (χ2n) is 3.84. The number of rotatable bonds is 3. The molecule has 0 atom stereocenters. The van der Waals surface area contributed by atoms with Crippen molar-refractivity contribution in [2.75, 3.05) is 7.11 Å². The maximum atomic E-state index is 11.4. The molecule has 0 bridgehead atoms. The van der Waals surface area contributed by atoms with Gasteiger partial charge in [0.1, 0.15) is 0 Å². The summed E-state index contributed by atoms with van der Waals surface area (Å²) in [6.07, 6.45) is 0. The molecule has 3 N–H and O–H groups in total. The highest BCUT2D eigenvalue weighted by Crippen LogP contribution is 2.20. The first kappa shape index (κ1) is 14.2. The molecule has 1 heterocycles. The van der Waals surface area contributed by atoms with Crippen LogP contribution in [0.25, 0.3) is 0 Å². The van der Waals surface area contributed by atoms with Crippen molar-refractivity contribution in [2.24, 2.45) is 10.2 Å². The van der Waals surface area contributed by atoms with Gasteiger partial charge in [-0.15, -0.1) is 5.11 Å². The van der Waals surface area contributed by atoms with E-state index in [1.54, 1.807) is 0 Å². The summed E-state index contributed by atoms with van der Waals surface area (Å²) < 4.78 is 4.54. The Kier molecular flexibility index (Phi) is 3.93. The maximum Gasteiger partial charge on any atom is 0.337 e. The van der Waals surface area contributed by atoms with Gasteiger partial charge in [0.05, 0.1) is 18.4 Å². The number of hydrogen-bond acceptors (Lipinski definition) is 7. The van der Waals surface area contributed by atoms with Crippen molar-refractivity contribution in [3.63, 3.8) is 0 Å². The Morgan fingerprint density at radius 3 is 2.38 bits per heavy atom. The molecule has 2 aromatic rings. The molecule has 0 amide bonds. The second-order valence-corrected chi connectivity index (χ2v) is 3.84. The Bertz CT molecular complexity index is 804. The first-order valence-electron chi connectivity index (χ1n) is 5.67. The third-order valence-electron chi connectivity index (χ3n) is 2.45. The molecule has 0 spiro atoms. The lowest BCUT2D eigenvalue weighted by Gasteiger charge is -1.99. The Hall–Kier alpha value is -3.23. The summed E-state index contributed by atoms with van der Waals surface area (Å²) in [5, 5.41) is 16.7. The zero-order valence-electron chi connectivity index (χ0n) is 10.8. The van der Waals surface area contributed by atoms with Gasteiger partial charge in [-0.1, -0.05) is 0 Å². The molecule has 108 valence electrons. The van der Waals surface area contributed by atoms with Crippen LogP contribution in [0.3, 0.4) is 0 Å². The maximum absolute atomic E-state index is 11.4. The first-order chi connectivity index (χ1) is 10.0. The predicted octanol–water partition coefficient (Wildman–Crippen LogP) is 0.971. The average Bonchev–Trinajstić information content (AvgIpc) is 2.46. The van der Waals surface area contributed by atoms with E-state index in [-0.39, 0.29) is 0 Å². The quantitative estimate of drug-likeness (QED) is 0.571. The molecule has 9 heteroatoms. The van der Waals surface area contributed by atoms with Crippen molar-refractivity contribution in [1.29, 1.82) is 0 Å². The standard InChI is InChI=1S/C12H10N4O5/c1-21-11(19)6-2-4-7(5-3-6)15-16-8-9(17)13-12(20)14-10(8)18/h2-5H,1H3,(H3,13,14,17,18,20). The number of carbonyl (C=O) groups excluding carboxylic acids is 1. The van der Waals surface area contributed by atoms with Gasteiger partial charge in [0.25, 0.3) is 5.56 Å². The van der Waals surface area contributed by atoms with Crippen molar-refractivity contribution in [1.82, 2.24) is 9.97 Å². The summed E-state index contributed by atoms with van der Waals surface area (Å²) >= 11 is 0. The Morgan fingerprint density at radius 2 is 1.81 bits per heavy atom. The summed E-state index contributed by atoms with van der Waals surface area (Å²) in [6, 6.07) is 5.90. The van der Waals surface area contributed by atoms with Gasteiger partial charge in [-0.05, 0) is 24.3 Å². The number of esters is 1. The summed E-state index contributed by atoms with van der Waals surface area (Å²) in [7, 11) is 1.27. The number of ether oxygens (including phenoxy) is 1. The summed E-state index contributed by atoms with van der Waals surface area (Å²) in [5.74, 6) is -1.17. The van der Waals surface area contributed by atoms with Crippen LogP contribution in [0.15, 0.2) is 44.1 Å². The molecule has 0 saturated carbocycles. The number of nitrogens with one attached hydrogen (secondary N) is 2. The number of aromatic amines is 2. The molecule has 2 rings (SSSR count). The Morgan fingerprint density at radius 1 is 1.14 bits per heavy atom. The molecule has 21 heavy (non-hydrogen) atoms. The van der Waals surface area contributed by atoms with Crippen LogP contribution in [0, 0.1) is 0 Å². The van der Waals surface area contributed by atoms with E-state index in [1.165, 1.54) is 31.4 Å². The topological polar surface area (TPSA) is 137 Å². The lowest BCUT2D eigenvalue weighted by molar-refractivity contribution is 0.0601. The highest BCUT2D eigenvalue weighted by atomic mass is 16.5. The van der Waals surface area contributed by atoms with Gasteiger partial charge >= 0.3 is 11.7 Å². The van der Waals surface area contributed by atoms with E-state index in [0.29, 0.717) is 11.3 Å². The number of carbonyl (C=O) groups is 1. The normalized spacial score (nSPS) is 10.7. The van der Waals surface area contributed by atoms with E-state index in [1.807, 2.05) is 9.97 Å². The molecule has 0 fully saturated rings. The van der Waals surface area contributed by atoms with Crippen LogP contribution >= 0.6 is 0 Å². The molecular weight excluding hydrogens is 280 g/mol. The molecule has 0 aliphatic carbocycles. The van der Waals surface area contributed by atoms with E-state index in [4.69, 9.17) is 0 Å². The molecular formula is C12H10N4O5. The third kappa shape index (κ3) is 3.21. The Labute approximate surface area is 116 Å². The zero-order valence-corrected chi connectivity index (χ0v) is 10.8. The van der Waals surface area contributed by atoms with E-state index in [2.05, 4.69) is 15.0 Å². The zero-order chi connectivity index (χ0) is 15.4. The molecule has 0 saturated heterocycles. The van der Waals surface area contributed by atoms with Gasteiger partial charge in [-0.25, -0.2) is 9.59 Å². The van der Waals surface area contributed by atoms with Crippen LogP contribution in [0.5, 0.6) is 5.88 Å². The highest BCUT2D eigenvalue weighted by Gasteiger charge is 2.07. The highest BCUT2D eigenvalue weighted by molar-refractivity contribution is 5.89. The number of aromatic hydroxyl groups is 1. The average molecular weight is 290 g/mol. The first-order valence-corrected chi connectivity index (χ1v) is 5.67. The van der Waals surface area contributed by atoms with Gasteiger partial charge in [-0.3, -0.25) is 14.8 Å². The SMILES string of the molecule is COC(=O)c1ccc(N=Nc2c(O)[nH]c(=O)[nH]c2=O)cc1. The number of methoxy groups -OCH3 is 1. The van der Waals surface area contributed by atoms with Crippen LogP contribution in [0.2, 0.25) is 0 Å². The largest absolute Gasteiger partial charge is 0.493 e. The molecule has 0 aliphatic heterocycles. The minimum absolute atomic E-state index is 0.334. The van der Waals surface area contributed by atoms with Crippen molar-refractivity contribution in [3.05, 3.63) is 50.7 Å². The van der Waals surface area contributed by atoms with Crippen LogP contribution < -0.4 is 11.2 Å². The third-order valence-corrected chi connectivity index (χ3v) is 2.45. The number of nitrogens with zero attached hydrogens (tertiary/aromatic N) is 2. The lowest BCUT2D eigenvalue weighted by atomic mass is 10.2. The second kappa shape index (κ2) is 5.82. The van der Waals surface area contributed by atoms with Gasteiger partial charge in [0, 0.05) is 0 Å². The molecule has 9 nitrogen and oxygen atoms in total. The van der Waals surface area contributed by atoms with Crippen molar-refractivity contribution < 1.29 is 14.6 Å². The minimum atomic E-state index is -0.869. The summed E-state index contributed by atoms with van der Waals surface area (Å²) in [6.45, 7) is 0. The van der Waals surface area contributed by atoms with Crippen LogP contribution in [0.4, 0.5) is 11.4 Å². The van der Waals surface area contributed by atoms with Gasteiger partial charge < -0.3 is 9.84 Å². The fourth-order valence-corrected chi connectivity index (χ4v) is 1.45.